The van der Waals surface area contributed by atoms with Crippen LogP contribution in [0.5, 0.6) is 0 Å². The van der Waals surface area contributed by atoms with Gasteiger partial charge in [-0.05, 0) is 63.4 Å². The van der Waals surface area contributed by atoms with E-state index in [-0.39, 0.29) is 5.82 Å². The number of nitriles is 1. The van der Waals surface area contributed by atoms with Crippen LogP contribution in [0.4, 0.5) is 5.69 Å². The van der Waals surface area contributed by atoms with Gasteiger partial charge in [-0.2, -0.15) is 5.26 Å². The Kier molecular flexibility index (Phi) is 5.55. The Morgan fingerprint density at radius 1 is 1.12 bits per heavy atom. The van der Waals surface area contributed by atoms with Crippen LogP contribution in [-0.2, 0) is 10.2 Å². The topological polar surface area (TPSA) is 86.0 Å². The van der Waals surface area contributed by atoms with Crippen LogP contribution in [-0.4, -0.2) is 59.9 Å². The summed E-state index contributed by atoms with van der Waals surface area (Å²) in [4.78, 5) is 29.8. The van der Waals surface area contributed by atoms with Crippen molar-refractivity contribution in [1.82, 2.24) is 19.9 Å². The molecule has 0 radical (unpaired) electrons. The average molecular weight is 441 g/mol. The molecule has 7 nitrogen and oxygen atoms in total. The second-order valence-electron chi connectivity index (χ2n) is 9.63. The molecule has 1 aliphatic heterocycles. The lowest BCUT2D eigenvalue weighted by Gasteiger charge is -2.37. The number of pyridine rings is 1. The first-order valence-electron chi connectivity index (χ1n) is 11.5. The SMILES string of the molecule is CN(C)CC1CCN(c2c(C3(C=O)CC3)cnc3ccc(-c4cnc(C#N)nc4)cc23)CC1. The third kappa shape index (κ3) is 4.07. The fourth-order valence-corrected chi connectivity index (χ4v) is 5.04. The molecule has 0 N–H and O–H groups in total. The summed E-state index contributed by atoms with van der Waals surface area (Å²) in [7, 11) is 4.27. The third-order valence-corrected chi connectivity index (χ3v) is 7.03. The molecule has 1 aromatic carbocycles. The molecular formula is C26H28N6O. The number of fused-ring (bicyclic) bond motifs is 1. The Hall–Kier alpha value is -3.37. The summed E-state index contributed by atoms with van der Waals surface area (Å²) in [5.41, 5.74) is 4.57. The molecular weight excluding hydrogens is 412 g/mol. The lowest BCUT2D eigenvalue weighted by atomic mass is 9.91. The maximum Gasteiger partial charge on any atom is 0.232 e. The van der Waals surface area contributed by atoms with Gasteiger partial charge in [0.15, 0.2) is 0 Å². The molecule has 1 saturated carbocycles. The standard InChI is InChI=1S/C26H28N6O/c1-31(2)16-18-5-9-32(10-6-18)25-21-11-19(20-13-29-24(12-27)30-14-20)3-4-23(21)28-15-22(25)26(17-33)7-8-26/h3-4,11,13-15,17-18H,5-10,16H2,1-2H3. The molecule has 168 valence electrons. The predicted octanol–water partition coefficient (Wildman–Crippen LogP) is 3.57. The minimum absolute atomic E-state index is 0.159. The first-order chi connectivity index (χ1) is 16.0. The van der Waals surface area contributed by atoms with Crippen molar-refractivity contribution in [3.8, 4) is 17.2 Å². The highest BCUT2D eigenvalue weighted by atomic mass is 16.1. The van der Waals surface area contributed by atoms with E-state index >= 15 is 0 Å². The molecule has 1 aliphatic carbocycles. The molecule has 5 rings (SSSR count). The number of carbonyl (C=O) groups is 1. The normalized spacial score (nSPS) is 17.8. The summed E-state index contributed by atoms with van der Waals surface area (Å²) in [5.74, 6) is 0.853. The molecule has 0 spiro atoms. The van der Waals surface area contributed by atoms with Gasteiger partial charge in [-0.15, -0.1) is 0 Å². The Bertz CT molecular complexity index is 1220. The second-order valence-corrected chi connectivity index (χ2v) is 9.63. The van der Waals surface area contributed by atoms with Crippen LogP contribution in [0.25, 0.3) is 22.0 Å². The van der Waals surface area contributed by atoms with E-state index in [4.69, 9.17) is 10.2 Å². The first-order valence-corrected chi connectivity index (χ1v) is 11.5. The molecule has 0 amide bonds. The van der Waals surface area contributed by atoms with Crippen molar-refractivity contribution < 1.29 is 4.79 Å². The van der Waals surface area contributed by atoms with E-state index in [0.717, 1.165) is 84.9 Å². The molecule has 2 aliphatic rings. The molecule has 0 unspecified atom stereocenters. The average Bonchev–Trinajstić information content (AvgIpc) is 3.64. The lowest BCUT2D eigenvalue weighted by Crippen LogP contribution is -2.38. The van der Waals surface area contributed by atoms with E-state index in [0.29, 0.717) is 5.92 Å². The van der Waals surface area contributed by atoms with Gasteiger partial charge in [-0.1, -0.05) is 6.07 Å². The highest BCUT2D eigenvalue weighted by Gasteiger charge is 2.47. The third-order valence-electron chi connectivity index (χ3n) is 7.03. The molecule has 3 aromatic rings. The Morgan fingerprint density at radius 3 is 2.45 bits per heavy atom. The number of benzene rings is 1. The number of aromatic nitrogens is 3. The van der Waals surface area contributed by atoms with Gasteiger partial charge in [0.1, 0.15) is 12.4 Å². The molecule has 33 heavy (non-hydrogen) atoms. The molecule has 7 heteroatoms. The van der Waals surface area contributed by atoms with E-state index in [1.54, 1.807) is 12.4 Å². The van der Waals surface area contributed by atoms with Crippen LogP contribution in [0.3, 0.4) is 0 Å². The Balaban J connectivity index is 1.59. The van der Waals surface area contributed by atoms with Crippen LogP contribution < -0.4 is 4.90 Å². The van der Waals surface area contributed by atoms with Crippen LogP contribution in [0.1, 0.15) is 37.1 Å². The van der Waals surface area contributed by atoms with E-state index in [2.05, 4.69) is 39.9 Å². The Morgan fingerprint density at radius 2 is 1.85 bits per heavy atom. The van der Waals surface area contributed by atoms with E-state index in [9.17, 15) is 4.79 Å². The smallest absolute Gasteiger partial charge is 0.232 e. The van der Waals surface area contributed by atoms with Crippen molar-refractivity contribution in [2.45, 2.75) is 31.1 Å². The zero-order chi connectivity index (χ0) is 23.0. The number of carbonyl (C=O) groups excluding carboxylic acids is 1. The van der Waals surface area contributed by atoms with Gasteiger partial charge in [0.2, 0.25) is 5.82 Å². The maximum absolute atomic E-state index is 12.1. The van der Waals surface area contributed by atoms with Gasteiger partial charge in [-0.3, -0.25) is 4.98 Å². The largest absolute Gasteiger partial charge is 0.371 e. The first kappa shape index (κ1) is 21.5. The molecule has 2 fully saturated rings. The second kappa shape index (κ2) is 8.53. The summed E-state index contributed by atoms with van der Waals surface area (Å²) in [6.07, 6.45) is 10.5. The van der Waals surface area contributed by atoms with Crippen molar-refractivity contribution >= 4 is 22.9 Å². The zero-order valence-electron chi connectivity index (χ0n) is 19.2. The highest BCUT2D eigenvalue weighted by molar-refractivity contribution is 5.98. The number of nitrogens with zero attached hydrogens (tertiary/aromatic N) is 6. The maximum atomic E-state index is 12.1. The van der Waals surface area contributed by atoms with Crippen LogP contribution in [0, 0.1) is 17.2 Å². The van der Waals surface area contributed by atoms with Gasteiger partial charge in [-0.25, -0.2) is 9.97 Å². The fourth-order valence-electron chi connectivity index (χ4n) is 5.04. The summed E-state index contributed by atoms with van der Waals surface area (Å²) in [6, 6.07) is 8.14. The number of piperidine rings is 1. The molecule has 0 atom stereocenters. The lowest BCUT2D eigenvalue weighted by molar-refractivity contribution is -0.109. The van der Waals surface area contributed by atoms with Crippen molar-refractivity contribution in [1.29, 1.82) is 5.26 Å². The van der Waals surface area contributed by atoms with Gasteiger partial charge in [0, 0.05) is 54.7 Å². The summed E-state index contributed by atoms with van der Waals surface area (Å²) >= 11 is 0. The number of hydrogen-bond acceptors (Lipinski definition) is 7. The number of hydrogen-bond donors (Lipinski definition) is 0. The summed E-state index contributed by atoms with van der Waals surface area (Å²) in [5, 5.41) is 10.1. The Labute approximate surface area is 194 Å². The monoisotopic (exact) mass is 440 g/mol. The van der Waals surface area contributed by atoms with E-state index in [1.807, 2.05) is 24.4 Å². The minimum atomic E-state index is -0.398. The summed E-state index contributed by atoms with van der Waals surface area (Å²) < 4.78 is 0. The molecule has 3 heterocycles. The molecule has 0 bridgehead atoms. The van der Waals surface area contributed by atoms with Gasteiger partial charge in [0.05, 0.1) is 16.6 Å². The van der Waals surface area contributed by atoms with Crippen molar-refractivity contribution in [3.63, 3.8) is 0 Å². The highest BCUT2D eigenvalue weighted by Crippen LogP contribution is 2.51. The van der Waals surface area contributed by atoms with Crippen molar-refractivity contribution in [3.05, 3.63) is 48.2 Å². The number of rotatable bonds is 6. The summed E-state index contributed by atoms with van der Waals surface area (Å²) in [6.45, 7) is 3.06. The van der Waals surface area contributed by atoms with Crippen LogP contribution >= 0.6 is 0 Å². The van der Waals surface area contributed by atoms with Gasteiger partial charge < -0.3 is 14.6 Å². The van der Waals surface area contributed by atoms with E-state index < -0.39 is 5.41 Å². The van der Waals surface area contributed by atoms with Crippen LogP contribution in [0.2, 0.25) is 0 Å². The number of aldehydes is 1. The number of anilines is 1. The van der Waals surface area contributed by atoms with Crippen LogP contribution in [0.15, 0.2) is 36.8 Å². The fraction of sp³-hybridized carbons (Fsp3) is 0.423. The van der Waals surface area contributed by atoms with Gasteiger partial charge >= 0.3 is 0 Å². The van der Waals surface area contributed by atoms with Crippen molar-refractivity contribution in [2.75, 3.05) is 38.6 Å². The quantitative estimate of drug-likeness (QED) is 0.542. The van der Waals surface area contributed by atoms with E-state index in [1.165, 1.54) is 0 Å². The van der Waals surface area contributed by atoms with Gasteiger partial charge in [0.25, 0.3) is 0 Å². The molecule has 1 saturated heterocycles. The molecule has 2 aromatic heterocycles. The minimum Gasteiger partial charge on any atom is -0.371 e. The van der Waals surface area contributed by atoms with Crippen molar-refractivity contribution in [2.24, 2.45) is 5.92 Å². The zero-order valence-corrected chi connectivity index (χ0v) is 19.2. The predicted molar refractivity (Wildman–Crippen MR) is 128 cm³/mol.